The molecule has 1 spiro atoms. The molecular weight excluding hydrogens is 204 g/mol. The quantitative estimate of drug-likeness (QED) is 0.565. The summed E-state index contributed by atoms with van der Waals surface area (Å²) >= 11 is 0. The first-order valence-electron chi connectivity index (χ1n) is 5.12. The lowest BCUT2D eigenvalue weighted by molar-refractivity contribution is -0.0261. The summed E-state index contributed by atoms with van der Waals surface area (Å²) in [6, 6.07) is 0. The molecule has 0 aromatic carbocycles. The molecule has 4 atom stereocenters. The van der Waals surface area contributed by atoms with Crippen molar-refractivity contribution >= 4 is 10.1 Å². The first-order chi connectivity index (χ1) is 6.52. The smallest absolute Gasteiger partial charge is 0.273 e. The number of rotatable bonds is 0. The van der Waals surface area contributed by atoms with Crippen molar-refractivity contribution in [1.29, 1.82) is 0 Å². The van der Waals surface area contributed by atoms with E-state index in [-0.39, 0.29) is 12.2 Å². The lowest BCUT2D eigenvalue weighted by Gasteiger charge is -2.38. The normalized spacial score (nSPS) is 54.5. The molecular formula is C9H14O4S. The first-order valence-corrected chi connectivity index (χ1v) is 6.59. The SMILES string of the molecule is C[C@@H]1C[C@]23CC[C@H](C[C@H]2S(=O)(=O)O1)O3. The minimum Gasteiger partial charge on any atom is -0.370 e. The van der Waals surface area contributed by atoms with Gasteiger partial charge in [0.15, 0.2) is 0 Å². The maximum absolute atomic E-state index is 11.8. The fraction of sp³-hybridized carbons (Fsp3) is 1.00. The predicted molar refractivity (Wildman–Crippen MR) is 49.3 cm³/mol. The molecule has 0 aromatic rings. The third kappa shape index (κ3) is 1.03. The van der Waals surface area contributed by atoms with Gasteiger partial charge in [-0.25, -0.2) is 0 Å². The number of ether oxygens (including phenoxy) is 1. The van der Waals surface area contributed by atoms with Crippen LogP contribution in [0.15, 0.2) is 0 Å². The molecule has 3 heterocycles. The van der Waals surface area contributed by atoms with Gasteiger partial charge in [0.2, 0.25) is 0 Å². The van der Waals surface area contributed by atoms with Crippen LogP contribution in [0.25, 0.3) is 0 Å². The van der Waals surface area contributed by atoms with Crippen molar-refractivity contribution in [2.45, 2.75) is 55.7 Å². The second-order valence-corrected chi connectivity index (χ2v) is 6.42. The Morgan fingerprint density at radius 1 is 1.43 bits per heavy atom. The van der Waals surface area contributed by atoms with Crippen LogP contribution in [0.4, 0.5) is 0 Å². The van der Waals surface area contributed by atoms with Gasteiger partial charge in [0.05, 0.1) is 17.8 Å². The Morgan fingerprint density at radius 3 is 2.93 bits per heavy atom. The summed E-state index contributed by atoms with van der Waals surface area (Å²) in [4.78, 5) is 0. The van der Waals surface area contributed by atoms with Gasteiger partial charge >= 0.3 is 0 Å². The van der Waals surface area contributed by atoms with Gasteiger partial charge in [-0.1, -0.05) is 0 Å². The highest BCUT2D eigenvalue weighted by atomic mass is 32.2. The van der Waals surface area contributed by atoms with Crippen LogP contribution < -0.4 is 0 Å². The maximum atomic E-state index is 11.8. The Balaban J connectivity index is 2.05. The van der Waals surface area contributed by atoms with Gasteiger partial charge in [0.25, 0.3) is 10.1 Å². The monoisotopic (exact) mass is 218 g/mol. The Labute approximate surface area is 83.7 Å². The standard InChI is InChI=1S/C9H14O4S/c1-6-5-9-3-2-7(12-9)4-8(9)14(10,11)13-6/h6-8H,2-5H2,1H3/t6-,7-,8-,9-/m1/s1. The summed E-state index contributed by atoms with van der Waals surface area (Å²) in [5.74, 6) is 0. The highest BCUT2D eigenvalue weighted by Gasteiger charge is 2.62. The summed E-state index contributed by atoms with van der Waals surface area (Å²) in [7, 11) is -3.37. The van der Waals surface area contributed by atoms with Crippen LogP contribution in [0.1, 0.15) is 32.6 Å². The molecule has 0 aliphatic carbocycles. The van der Waals surface area contributed by atoms with Gasteiger partial charge in [0, 0.05) is 6.42 Å². The van der Waals surface area contributed by atoms with Crippen molar-refractivity contribution in [3.63, 3.8) is 0 Å². The lowest BCUT2D eigenvalue weighted by atomic mass is 9.84. The van der Waals surface area contributed by atoms with Crippen LogP contribution >= 0.6 is 0 Å². The average Bonchev–Trinajstić information content (AvgIpc) is 2.57. The van der Waals surface area contributed by atoms with Crippen LogP contribution in [0.5, 0.6) is 0 Å². The third-order valence-electron chi connectivity index (χ3n) is 3.63. The topological polar surface area (TPSA) is 52.6 Å². The lowest BCUT2D eigenvalue weighted by Crippen LogP contribution is -2.51. The fourth-order valence-corrected chi connectivity index (χ4v) is 5.10. The van der Waals surface area contributed by atoms with Crippen LogP contribution in [-0.2, 0) is 19.0 Å². The van der Waals surface area contributed by atoms with E-state index in [0.29, 0.717) is 6.42 Å². The van der Waals surface area contributed by atoms with Crippen molar-refractivity contribution < 1.29 is 17.3 Å². The molecule has 0 amide bonds. The Morgan fingerprint density at radius 2 is 2.21 bits per heavy atom. The van der Waals surface area contributed by atoms with E-state index in [0.717, 1.165) is 19.3 Å². The van der Waals surface area contributed by atoms with Gasteiger partial charge < -0.3 is 4.74 Å². The van der Waals surface area contributed by atoms with Crippen molar-refractivity contribution in [2.75, 3.05) is 0 Å². The molecule has 0 saturated carbocycles. The van der Waals surface area contributed by atoms with E-state index in [1.54, 1.807) is 6.92 Å². The second kappa shape index (κ2) is 2.51. The molecule has 2 bridgehead atoms. The summed E-state index contributed by atoms with van der Waals surface area (Å²) in [5.41, 5.74) is -0.402. The van der Waals surface area contributed by atoms with Gasteiger partial charge in [-0.05, 0) is 26.2 Å². The van der Waals surface area contributed by atoms with Crippen molar-refractivity contribution in [2.24, 2.45) is 0 Å². The fourth-order valence-electron chi connectivity index (χ4n) is 3.19. The van der Waals surface area contributed by atoms with E-state index in [4.69, 9.17) is 8.92 Å². The highest BCUT2D eigenvalue weighted by Crippen LogP contribution is 2.52. The minimum absolute atomic E-state index is 0.156. The van der Waals surface area contributed by atoms with Gasteiger partial charge in [-0.3, -0.25) is 4.18 Å². The van der Waals surface area contributed by atoms with E-state index in [2.05, 4.69) is 0 Å². The zero-order valence-electron chi connectivity index (χ0n) is 8.10. The molecule has 3 aliphatic heterocycles. The summed E-state index contributed by atoms with van der Waals surface area (Å²) in [5, 5.41) is -0.398. The molecule has 3 saturated heterocycles. The Kier molecular flexibility index (Phi) is 1.64. The Bertz CT molecular complexity index is 363. The third-order valence-corrected chi connectivity index (χ3v) is 5.55. The van der Waals surface area contributed by atoms with Gasteiger partial charge in [-0.2, -0.15) is 8.42 Å². The highest BCUT2D eigenvalue weighted by molar-refractivity contribution is 7.87. The molecule has 4 nitrogen and oxygen atoms in total. The number of fused-ring (bicyclic) bond motifs is 1. The molecule has 3 aliphatic rings. The molecule has 0 unspecified atom stereocenters. The first kappa shape index (κ1) is 9.12. The molecule has 0 aromatic heterocycles. The van der Waals surface area contributed by atoms with Crippen LogP contribution in [0, 0.1) is 0 Å². The van der Waals surface area contributed by atoms with E-state index < -0.39 is 21.0 Å². The zero-order chi connectivity index (χ0) is 9.97. The molecule has 80 valence electrons. The average molecular weight is 218 g/mol. The van der Waals surface area contributed by atoms with Crippen LogP contribution in [0.2, 0.25) is 0 Å². The molecule has 14 heavy (non-hydrogen) atoms. The predicted octanol–water partition coefficient (Wildman–Crippen LogP) is 0.815. The zero-order valence-corrected chi connectivity index (χ0v) is 8.92. The molecule has 3 rings (SSSR count). The molecule has 0 N–H and O–H groups in total. The largest absolute Gasteiger partial charge is 0.370 e. The van der Waals surface area contributed by atoms with Crippen molar-refractivity contribution in [3.8, 4) is 0 Å². The van der Waals surface area contributed by atoms with E-state index in [1.807, 2.05) is 0 Å². The molecule has 3 fully saturated rings. The van der Waals surface area contributed by atoms with Gasteiger partial charge in [0.1, 0.15) is 5.25 Å². The summed E-state index contributed by atoms with van der Waals surface area (Å²) in [6.07, 6.45) is 3.19. The van der Waals surface area contributed by atoms with Crippen LogP contribution in [-0.4, -0.2) is 31.5 Å². The summed E-state index contributed by atoms with van der Waals surface area (Å²) < 4.78 is 34.4. The number of hydrogen-bond donors (Lipinski definition) is 0. The summed E-state index contributed by atoms with van der Waals surface area (Å²) in [6.45, 7) is 1.80. The minimum atomic E-state index is -3.37. The van der Waals surface area contributed by atoms with Crippen molar-refractivity contribution in [3.05, 3.63) is 0 Å². The van der Waals surface area contributed by atoms with E-state index in [9.17, 15) is 8.42 Å². The van der Waals surface area contributed by atoms with Gasteiger partial charge in [-0.15, -0.1) is 0 Å². The van der Waals surface area contributed by atoms with E-state index in [1.165, 1.54) is 0 Å². The second-order valence-electron chi connectivity index (χ2n) is 4.67. The number of hydrogen-bond acceptors (Lipinski definition) is 4. The molecule has 0 radical (unpaired) electrons. The van der Waals surface area contributed by atoms with E-state index >= 15 is 0 Å². The maximum Gasteiger partial charge on any atom is 0.273 e. The Hall–Kier alpha value is -0.130. The molecule has 5 heteroatoms. The van der Waals surface area contributed by atoms with Crippen LogP contribution in [0.3, 0.4) is 0 Å². The van der Waals surface area contributed by atoms with Crippen molar-refractivity contribution in [1.82, 2.24) is 0 Å².